The molecule has 2 aromatic carbocycles. The van der Waals surface area contributed by atoms with E-state index in [9.17, 15) is 0 Å². The van der Waals surface area contributed by atoms with Crippen LogP contribution in [-0.2, 0) is 0 Å². The predicted octanol–water partition coefficient (Wildman–Crippen LogP) is 4.86. The highest BCUT2D eigenvalue weighted by Crippen LogP contribution is 2.50. The Balaban J connectivity index is 2.05. The molecule has 2 aromatic rings. The Labute approximate surface area is 128 Å². The van der Waals surface area contributed by atoms with E-state index in [-0.39, 0.29) is 0 Å². The zero-order valence-corrected chi connectivity index (χ0v) is 14.2. The van der Waals surface area contributed by atoms with E-state index >= 15 is 0 Å². The number of rotatable bonds is 2. The summed E-state index contributed by atoms with van der Waals surface area (Å²) in [4.78, 5) is 0. The first-order valence-electron chi connectivity index (χ1n) is 7.87. The van der Waals surface area contributed by atoms with Crippen LogP contribution in [-0.4, -0.2) is 8.07 Å². The Morgan fingerprint density at radius 2 is 1.62 bits per heavy atom. The van der Waals surface area contributed by atoms with Crippen LogP contribution in [0, 0.1) is 13.3 Å². The highest BCUT2D eigenvalue weighted by Gasteiger charge is 2.45. The summed E-state index contributed by atoms with van der Waals surface area (Å²) in [5.41, 5.74) is 8.84. The van der Waals surface area contributed by atoms with Crippen molar-refractivity contribution in [1.82, 2.24) is 0 Å². The summed E-state index contributed by atoms with van der Waals surface area (Å²) in [5.74, 6) is 0. The van der Waals surface area contributed by atoms with Crippen molar-refractivity contribution in [3.05, 3.63) is 65.1 Å². The second-order valence-corrected chi connectivity index (χ2v) is 11.1. The van der Waals surface area contributed by atoms with Crippen molar-refractivity contribution < 1.29 is 0 Å². The van der Waals surface area contributed by atoms with Gasteiger partial charge in [-0.25, -0.2) is 0 Å². The van der Waals surface area contributed by atoms with Gasteiger partial charge in [-0.2, -0.15) is 0 Å². The minimum absolute atomic E-state index is 1.15. The van der Waals surface area contributed by atoms with Crippen molar-refractivity contribution in [2.45, 2.75) is 33.4 Å². The molecular weight excluding hydrogens is 268 g/mol. The lowest BCUT2D eigenvalue weighted by Gasteiger charge is -2.21. The molecule has 0 nitrogen and oxygen atoms in total. The third kappa shape index (κ3) is 1.61. The lowest BCUT2D eigenvalue weighted by atomic mass is 9.96. The molecule has 1 heterocycles. The molecule has 0 amide bonds. The summed E-state index contributed by atoms with van der Waals surface area (Å²) in [6.45, 7) is 9.48. The highest BCUT2D eigenvalue weighted by atomic mass is 28.3. The lowest BCUT2D eigenvalue weighted by molar-refractivity contribution is 1.14. The van der Waals surface area contributed by atoms with Crippen LogP contribution < -0.4 is 5.19 Å². The quantitative estimate of drug-likeness (QED) is 0.693. The lowest BCUT2D eigenvalue weighted by Crippen LogP contribution is -2.39. The molecular formula is C20H21Si. The van der Waals surface area contributed by atoms with Crippen molar-refractivity contribution in [3.8, 4) is 11.1 Å². The highest BCUT2D eigenvalue weighted by molar-refractivity contribution is 7.07. The fourth-order valence-corrected chi connectivity index (χ4v) is 7.71. The zero-order chi connectivity index (χ0) is 14.8. The van der Waals surface area contributed by atoms with E-state index in [4.69, 9.17) is 0 Å². The van der Waals surface area contributed by atoms with Gasteiger partial charge in [0.05, 0.1) is 0 Å². The van der Waals surface area contributed by atoms with E-state index < -0.39 is 8.07 Å². The third-order valence-electron chi connectivity index (χ3n) is 5.16. The molecule has 0 N–H and O–H groups in total. The van der Waals surface area contributed by atoms with Gasteiger partial charge in [-0.1, -0.05) is 67.6 Å². The predicted molar refractivity (Wildman–Crippen MR) is 94.3 cm³/mol. The molecule has 2 bridgehead atoms. The molecule has 105 valence electrons. The van der Waals surface area contributed by atoms with Crippen molar-refractivity contribution in [2.24, 2.45) is 0 Å². The SMILES string of the molecule is CCC1=C2c3c(ccc(c3-c3ccc(C)cc3)[Si]2(C)C)[CH]1. The van der Waals surface area contributed by atoms with E-state index in [2.05, 4.69) is 69.8 Å². The third-order valence-corrected chi connectivity index (χ3v) is 8.74. The van der Waals surface area contributed by atoms with E-state index in [0.29, 0.717) is 0 Å². The van der Waals surface area contributed by atoms with Crippen molar-refractivity contribution in [3.63, 3.8) is 0 Å². The Hall–Kier alpha value is -1.60. The van der Waals surface area contributed by atoms with Gasteiger partial charge < -0.3 is 0 Å². The number of aryl methyl sites for hydroxylation is 1. The van der Waals surface area contributed by atoms with Crippen LogP contribution in [0.4, 0.5) is 0 Å². The fourth-order valence-electron chi connectivity index (χ4n) is 4.10. The Kier molecular flexibility index (Phi) is 2.62. The van der Waals surface area contributed by atoms with Gasteiger partial charge in [0.25, 0.3) is 0 Å². The van der Waals surface area contributed by atoms with Crippen molar-refractivity contribution in [1.29, 1.82) is 0 Å². The molecule has 1 aliphatic heterocycles. The first-order chi connectivity index (χ1) is 10.0. The van der Waals surface area contributed by atoms with Gasteiger partial charge in [-0.05, 0) is 46.0 Å². The van der Waals surface area contributed by atoms with Gasteiger partial charge in [0.2, 0.25) is 0 Å². The number of allylic oxidation sites excluding steroid dienone is 1. The summed E-state index contributed by atoms with van der Waals surface area (Å²) < 4.78 is 0. The summed E-state index contributed by atoms with van der Waals surface area (Å²) in [7, 11) is -1.52. The minimum Gasteiger partial charge on any atom is -0.0617 e. The molecule has 4 rings (SSSR count). The number of benzene rings is 2. The van der Waals surface area contributed by atoms with Crippen LogP contribution in [0.1, 0.15) is 30.0 Å². The van der Waals surface area contributed by atoms with E-state index in [0.717, 1.165) is 6.42 Å². The number of fused-ring (bicyclic) bond motifs is 1. The maximum Gasteiger partial charge on any atom is 0.113 e. The van der Waals surface area contributed by atoms with Crippen LogP contribution in [0.25, 0.3) is 16.3 Å². The first kappa shape index (κ1) is 13.1. The summed E-state index contributed by atoms with van der Waals surface area (Å²) >= 11 is 0. The van der Waals surface area contributed by atoms with E-state index in [1.165, 1.54) is 22.3 Å². The van der Waals surface area contributed by atoms with Gasteiger partial charge in [0.15, 0.2) is 0 Å². The molecule has 0 fully saturated rings. The normalized spacial score (nSPS) is 17.7. The molecule has 0 saturated carbocycles. The summed E-state index contributed by atoms with van der Waals surface area (Å²) in [6.07, 6.45) is 3.58. The van der Waals surface area contributed by atoms with Crippen LogP contribution in [0.2, 0.25) is 13.1 Å². The molecule has 0 unspecified atom stereocenters. The summed E-state index contributed by atoms with van der Waals surface area (Å²) in [6, 6.07) is 13.8. The molecule has 21 heavy (non-hydrogen) atoms. The van der Waals surface area contributed by atoms with Crippen LogP contribution in [0.15, 0.2) is 42.0 Å². The second-order valence-electron chi connectivity index (χ2n) is 6.84. The largest absolute Gasteiger partial charge is 0.113 e. The molecule has 2 aliphatic rings. The molecule has 1 heteroatoms. The van der Waals surface area contributed by atoms with Gasteiger partial charge >= 0.3 is 0 Å². The maximum atomic E-state index is 2.51. The number of hydrogen-bond acceptors (Lipinski definition) is 0. The van der Waals surface area contributed by atoms with Crippen molar-refractivity contribution in [2.75, 3.05) is 0 Å². The second kappa shape index (κ2) is 4.20. The van der Waals surface area contributed by atoms with E-state index in [1.54, 1.807) is 21.5 Å². The van der Waals surface area contributed by atoms with E-state index in [1.807, 2.05) is 0 Å². The summed E-state index contributed by atoms with van der Waals surface area (Å²) in [5, 5.41) is 3.33. The van der Waals surface area contributed by atoms with Crippen LogP contribution >= 0.6 is 0 Å². The van der Waals surface area contributed by atoms with Gasteiger partial charge in [-0.3, -0.25) is 0 Å². The topological polar surface area (TPSA) is 0 Å². The first-order valence-corrected chi connectivity index (χ1v) is 10.9. The Morgan fingerprint density at radius 3 is 2.29 bits per heavy atom. The maximum absolute atomic E-state index is 2.51. The molecule has 0 spiro atoms. The average molecular weight is 289 g/mol. The molecule has 1 aliphatic carbocycles. The Morgan fingerprint density at radius 1 is 0.905 bits per heavy atom. The smallest absolute Gasteiger partial charge is 0.0617 e. The zero-order valence-electron chi connectivity index (χ0n) is 13.2. The minimum atomic E-state index is -1.52. The van der Waals surface area contributed by atoms with Gasteiger partial charge in [-0.15, -0.1) is 0 Å². The van der Waals surface area contributed by atoms with Crippen molar-refractivity contribution >= 4 is 18.5 Å². The molecule has 1 radical (unpaired) electrons. The average Bonchev–Trinajstić information content (AvgIpc) is 2.92. The molecule has 0 saturated heterocycles. The van der Waals surface area contributed by atoms with Crippen LogP contribution in [0.3, 0.4) is 0 Å². The Bertz CT molecular complexity index is 776. The van der Waals surface area contributed by atoms with Gasteiger partial charge in [0.1, 0.15) is 8.07 Å². The molecule has 0 atom stereocenters. The molecule has 0 aromatic heterocycles. The van der Waals surface area contributed by atoms with Gasteiger partial charge in [0, 0.05) is 6.42 Å². The van der Waals surface area contributed by atoms with Crippen LogP contribution in [0.5, 0.6) is 0 Å². The number of hydrogen-bond donors (Lipinski definition) is 0. The monoisotopic (exact) mass is 289 g/mol. The standard InChI is InChI=1S/C20H21Si/c1-5-14-12-16-10-11-17-18(15-8-6-13(2)7-9-15)19(16)20(14)21(17,3)4/h6-12H,5H2,1-4H3. The fraction of sp³-hybridized carbons (Fsp3) is 0.250.